The van der Waals surface area contributed by atoms with Gasteiger partial charge in [0.1, 0.15) is 16.9 Å². The second-order valence-corrected chi connectivity index (χ2v) is 6.94. The van der Waals surface area contributed by atoms with Crippen LogP contribution in [0.2, 0.25) is 0 Å². The molecule has 0 fully saturated rings. The maximum atomic E-state index is 12.5. The Morgan fingerprint density at radius 2 is 2.10 bits per heavy atom. The van der Waals surface area contributed by atoms with Gasteiger partial charge in [-0.2, -0.15) is 5.10 Å². The minimum Gasteiger partial charge on any atom is -0.375 e. The van der Waals surface area contributed by atoms with E-state index in [4.69, 9.17) is 4.74 Å². The van der Waals surface area contributed by atoms with Crippen LogP contribution in [-0.4, -0.2) is 26.4 Å². The van der Waals surface area contributed by atoms with Crippen LogP contribution in [0.15, 0.2) is 10.2 Å². The zero-order valence-electron chi connectivity index (χ0n) is 13.4. The van der Waals surface area contributed by atoms with Crippen molar-refractivity contribution < 1.29 is 4.74 Å². The fourth-order valence-electron chi connectivity index (χ4n) is 1.96. The summed E-state index contributed by atoms with van der Waals surface area (Å²) < 4.78 is 8.43. The molecule has 116 valence electrons. The third-order valence-corrected chi connectivity index (χ3v) is 4.33. The molecule has 2 heterocycles. The largest absolute Gasteiger partial charge is 0.375 e. The average Bonchev–Trinajstić information content (AvgIpc) is 2.97. The molecule has 0 saturated heterocycles. The number of hydrogen-bond acceptors (Lipinski definition) is 5. The molecule has 7 heteroatoms. The van der Waals surface area contributed by atoms with E-state index < -0.39 is 0 Å². The van der Waals surface area contributed by atoms with Gasteiger partial charge in [0.05, 0.1) is 17.8 Å². The molecule has 0 saturated carbocycles. The Kier molecular flexibility index (Phi) is 4.34. The zero-order valence-corrected chi connectivity index (χ0v) is 14.2. The average molecular weight is 310 g/mol. The van der Waals surface area contributed by atoms with Crippen molar-refractivity contribution >= 4 is 11.3 Å². The van der Waals surface area contributed by atoms with E-state index in [1.54, 1.807) is 23.0 Å². The van der Waals surface area contributed by atoms with Gasteiger partial charge in [-0.25, -0.2) is 14.5 Å². The van der Waals surface area contributed by atoms with Gasteiger partial charge in [0.15, 0.2) is 0 Å². The summed E-state index contributed by atoms with van der Waals surface area (Å²) in [6.07, 6.45) is -0.0288. The maximum Gasteiger partial charge on any atom is 0.346 e. The van der Waals surface area contributed by atoms with E-state index >= 15 is 0 Å². The monoisotopic (exact) mass is 310 g/mol. The molecule has 0 bridgehead atoms. The molecule has 1 atom stereocenters. The minimum atomic E-state index is -0.328. The van der Waals surface area contributed by atoms with Gasteiger partial charge in [0, 0.05) is 12.5 Å². The van der Waals surface area contributed by atoms with Gasteiger partial charge in [-0.1, -0.05) is 0 Å². The number of hydrogen-bond donors (Lipinski definition) is 0. The number of aryl methyl sites for hydroxylation is 1. The first-order chi connectivity index (χ1) is 9.74. The fourth-order valence-corrected chi connectivity index (χ4v) is 2.80. The third kappa shape index (κ3) is 3.24. The molecule has 0 N–H and O–H groups in total. The summed E-state index contributed by atoms with van der Waals surface area (Å²) in [5.41, 5.74) is 0.428. The lowest BCUT2D eigenvalue weighted by Gasteiger charge is -2.16. The van der Waals surface area contributed by atoms with Crippen LogP contribution in [-0.2, 0) is 16.8 Å². The van der Waals surface area contributed by atoms with Crippen LogP contribution in [0.1, 0.15) is 50.3 Å². The van der Waals surface area contributed by atoms with Crippen LogP contribution in [0.4, 0.5) is 0 Å². The number of thiazole rings is 1. The molecule has 0 aliphatic heterocycles. The predicted molar refractivity (Wildman–Crippen MR) is 82.9 cm³/mol. The number of rotatable bonds is 4. The lowest BCUT2D eigenvalue weighted by Crippen LogP contribution is -2.36. The van der Waals surface area contributed by atoms with Crippen molar-refractivity contribution in [2.24, 2.45) is 0 Å². The van der Waals surface area contributed by atoms with E-state index in [-0.39, 0.29) is 17.3 Å². The Morgan fingerprint density at radius 3 is 2.62 bits per heavy atom. The van der Waals surface area contributed by atoms with Gasteiger partial charge in [-0.15, -0.1) is 11.3 Å². The molecule has 0 aromatic carbocycles. The Labute approximate surface area is 128 Å². The van der Waals surface area contributed by atoms with E-state index in [0.717, 1.165) is 10.7 Å². The van der Waals surface area contributed by atoms with Crippen LogP contribution in [0, 0.1) is 6.92 Å². The Bertz CT molecular complexity index is 678. The zero-order chi connectivity index (χ0) is 15.8. The van der Waals surface area contributed by atoms with Crippen molar-refractivity contribution in [2.45, 2.75) is 52.8 Å². The van der Waals surface area contributed by atoms with Gasteiger partial charge in [-0.3, -0.25) is 4.57 Å². The Hall–Kier alpha value is -1.47. The van der Waals surface area contributed by atoms with Crippen molar-refractivity contribution in [3.8, 4) is 0 Å². The Balaban J connectivity index is 2.30. The quantitative estimate of drug-likeness (QED) is 0.869. The summed E-state index contributed by atoms with van der Waals surface area (Å²) in [7, 11) is 1.66. The highest BCUT2D eigenvalue weighted by atomic mass is 32.1. The van der Waals surface area contributed by atoms with Crippen molar-refractivity contribution in [2.75, 3.05) is 7.11 Å². The van der Waals surface area contributed by atoms with Crippen LogP contribution in [0.5, 0.6) is 0 Å². The number of methoxy groups -OCH3 is 1. The third-order valence-electron chi connectivity index (χ3n) is 3.27. The molecule has 2 aromatic heterocycles. The number of ether oxygens (including phenoxy) is 1. The van der Waals surface area contributed by atoms with Gasteiger partial charge in [-0.05, 0) is 34.6 Å². The van der Waals surface area contributed by atoms with E-state index in [2.05, 4.69) is 10.1 Å². The standard InChI is InChI=1S/C14H22N4O2S/c1-9(20-6)12-15-11(8-21-12)7-17-10(2)16-18(13(17)19)14(3,4)5/h8-9H,7H2,1-6H3/t9-/m0/s1. The summed E-state index contributed by atoms with van der Waals surface area (Å²) in [5, 5.41) is 7.24. The summed E-state index contributed by atoms with van der Waals surface area (Å²) >= 11 is 1.55. The van der Waals surface area contributed by atoms with Crippen LogP contribution >= 0.6 is 11.3 Å². The van der Waals surface area contributed by atoms with Crippen molar-refractivity contribution in [1.29, 1.82) is 0 Å². The van der Waals surface area contributed by atoms with Gasteiger partial charge in [0.25, 0.3) is 0 Å². The fraction of sp³-hybridized carbons (Fsp3) is 0.643. The summed E-state index contributed by atoms with van der Waals surface area (Å²) in [6.45, 7) is 10.1. The normalized spacial score (nSPS) is 13.6. The van der Waals surface area contributed by atoms with Crippen molar-refractivity contribution in [1.82, 2.24) is 19.3 Å². The highest BCUT2D eigenvalue weighted by molar-refractivity contribution is 7.09. The highest BCUT2D eigenvalue weighted by Crippen LogP contribution is 2.20. The first-order valence-electron chi connectivity index (χ1n) is 6.88. The van der Waals surface area contributed by atoms with Crippen LogP contribution < -0.4 is 5.69 Å². The molecule has 2 aromatic rings. The predicted octanol–water partition coefficient (Wildman–Crippen LogP) is 2.32. The smallest absolute Gasteiger partial charge is 0.346 e. The van der Waals surface area contributed by atoms with Gasteiger partial charge in [0.2, 0.25) is 0 Å². The van der Waals surface area contributed by atoms with E-state index in [1.807, 2.05) is 40.0 Å². The second kappa shape index (κ2) is 5.73. The first kappa shape index (κ1) is 15.9. The molecule has 0 unspecified atom stereocenters. The lowest BCUT2D eigenvalue weighted by molar-refractivity contribution is 0.119. The van der Waals surface area contributed by atoms with E-state index in [0.29, 0.717) is 12.4 Å². The summed E-state index contributed by atoms with van der Waals surface area (Å²) in [6, 6.07) is 0. The maximum absolute atomic E-state index is 12.5. The second-order valence-electron chi connectivity index (χ2n) is 6.05. The number of nitrogens with zero attached hydrogens (tertiary/aromatic N) is 4. The molecule has 0 amide bonds. The molecule has 6 nitrogen and oxygen atoms in total. The molecule has 0 aliphatic rings. The SMILES string of the molecule is CO[C@@H](C)c1nc(Cn2c(C)nn(C(C)(C)C)c2=O)cs1. The molecular formula is C14H22N4O2S. The van der Waals surface area contributed by atoms with Gasteiger partial charge >= 0.3 is 5.69 Å². The molecule has 0 radical (unpaired) electrons. The van der Waals surface area contributed by atoms with Gasteiger partial charge < -0.3 is 4.74 Å². The summed E-state index contributed by atoms with van der Waals surface area (Å²) in [4.78, 5) is 17.0. The molecular weight excluding hydrogens is 288 g/mol. The van der Waals surface area contributed by atoms with Crippen molar-refractivity contribution in [3.05, 3.63) is 32.4 Å². The first-order valence-corrected chi connectivity index (χ1v) is 7.76. The molecule has 21 heavy (non-hydrogen) atoms. The molecule has 0 aliphatic carbocycles. The molecule has 0 spiro atoms. The summed E-state index contributed by atoms with van der Waals surface area (Å²) in [5.74, 6) is 0.698. The molecule has 2 rings (SSSR count). The lowest BCUT2D eigenvalue weighted by atomic mass is 10.1. The minimum absolute atomic E-state index is 0.0288. The topological polar surface area (TPSA) is 61.9 Å². The highest BCUT2D eigenvalue weighted by Gasteiger charge is 2.21. The Morgan fingerprint density at radius 1 is 1.43 bits per heavy atom. The van der Waals surface area contributed by atoms with Crippen molar-refractivity contribution in [3.63, 3.8) is 0 Å². The van der Waals surface area contributed by atoms with E-state index in [9.17, 15) is 4.79 Å². The number of aromatic nitrogens is 4. The van der Waals surface area contributed by atoms with Crippen LogP contribution in [0.3, 0.4) is 0 Å². The van der Waals surface area contributed by atoms with E-state index in [1.165, 1.54) is 4.68 Å². The van der Waals surface area contributed by atoms with Crippen LogP contribution in [0.25, 0.3) is 0 Å².